The topological polar surface area (TPSA) is 45.3 Å². The van der Waals surface area contributed by atoms with Crippen LogP contribution in [0, 0.1) is 5.41 Å². The number of fused-ring (bicyclic) bond motifs is 2. The molecular weight excluding hydrogens is 276 g/mol. The van der Waals surface area contributed by atoms with Crippen molar-refractivity contribution in [2.24, 2.45) is 5.41 Å². The monoisotopic (exact) mass is 296 g/mol. The Balaban J connectivity index is 1.95. The fourth-order valence-corrected chi connectivity index (χ4v) is 4.10. The summed E-state index contributed by atoms with van der Waals surface area (Å²) in [5, 5.41) is 1.30. The van der Waals surface area contributed by atoms with Crippen LogP contribution in [0.5, 0.6) is 0 Å². The SMILES string of the molecule is COC(=O)[C@]1(C)C=C2c3cccc4[nH]cc(c34)C[C@H]2N(C)C1. The maximum absolute atomic E-state index is 12.2. The number of esters is 1. The number of likely N-dealkylation sites (N-methyl/N-ethyl adjacent to an activating group) is 1. The van der Waals surface area contributed by atoms with Crippen LogP contribution in [0.25, 0.3) is 16.5 Å². The molecule has 1 aliphatic heterocycles. The van der Waals surface area contributed by atoms with Gasteiger partial charge in [-0.3, -0.25) is 9.69 Å². The standard InChI is InChI=1S/C18H20N2O2/c1-18(17(21)22-3)8-13-12-5-4-6-14-16(12)11(9-19-14)7-15(13)20(2)10-18/h4-6,8-9,15,19H,7,10H2,1-3H3/t15-,18-/m1/s1. The van der Waals surface area contributed by atoms with E-state index in [4.69, 9.17) is 4.74 Å². The molecule has 1 aliphatic carbocycles. The molecule has 0 fully saturated rings. The third-order valence-electron chi connectivity index (χ3n) is 5.11. The molecule has 0 unspecified atom stereocenters. The summed E-state index contributed by atoms with van der Waals surface area (Å²) in [7, 11) is 3.56. The van der Waals surface area contributed by atoms with E-state index in [2.05, 4.69) is 47.4 Å². The minimum Gasteiger partial charge on any atom is -0.468 e. The normalized spacial score (nSPS) is 27.4. The van der Waals surface area contributed by atoms with Crippen LogP contribution in [0.3, 0.4) is 0 Å². The van der Waals surface area contributed by atoms with Gasteiger partial charge in [-0.15, -0.1) is 0 Å². The lowest BCUT2D eigenvalue weighted by atomic mass is 9.75. The highest BCUT2D eigenvalue weighted by Crippen LogP contribution is 2.43. The van der Waals surface area contributed by atoms with Crippen molar-refractivity contribution in [3.8, 4) is 0 Å². The lowest BCUT2D eigenvalue weighted by Gasteiger charge is -2.43. The molecule has 4 heteroatoms. The number of hydrogen-bond donors (Lipinski definition) is 1. The smallest absolute Gasteiger partial charge is 0.316 e. The number of carbonyl (C=O) groups excluding carboxylic acids is 1. The maximum atomic E-state index is 12.2. The molecule has 0 saturated heterocycles. The van der Waals surface area contributed by atoms with Crippen LogP contribution in [-0.2, 0) is 16.0 Å². The van der Waals surface area contributed by atoms with Crippen LogP contribution in [0.15, 0.2) is 30.5 Å². The van der Waals surface area contributed by atoms with E-state index in [0.717, 1.165) is 6.42 Å². The molecule has 2 aliphatic rings. The molecule has 4 rings (SSSR count). The van der Waals surface area contributed by atoms with Crippen molar-refractivity contribution in [1.29, 1.82) is 0 Å². The number of nitrogens with zero attached hydrogens (tertiary/aromatic N) is 1. The van der Waals surface area contributed by atoms with Gasteiger partial charge in [0, 0.05) is 29.7 Å². The summed E-state index contributed by atoms with van der Waals surface area (Å²) in [5.74, 6) is -0.169. The number of rotatable bonds is 1. The van der Waals surface area contributed by atoms with E-state index in [0.29, 0.717) is 12.6 Å². The Labute approximate surface area is 129 Å². The van der Waals surface area contributed by atoms with Crippen molar-refractivity contribution >= 4 is 22.4 Å². The van der Waals surface area contributed by atoms with E-state index in [-0.39, 0.29) is 5.97 Å². The first-order valence-corrected chi connectivity index (χ1v) is 7.64. The van der Waals surface area contributed by atoms with Gasteiger partial charge in [0.25, 0.3) is 0 Å². The number of ether oxygens (including phenoxy) is 1. The first kappa shape index (κ1) is 13.6. The summed E-state index contributed by atoms with van der Waals surface area (Å²) < 4.78 is 5.03. The fraction of sp³-hybridized carbons (Fsp3) is 0.389. The Morgan fingerprint density at radius 1 is 1.45 bits per heavy atom. The van der Waals surface area contributed by atoms with Crippen LogP contribution < -0.4 is 0 Å². The Morgan fingerprint density at radius 3 is 3.05 bits per heavy atom. The first-order valence-electron chi connectivity index (χ1n) is 7.64. The fourth-order valence-electron chi connectivity index (χ4n) is 4.10. The Bertz CT molecular complexity index is 805. The van der Waals surface area contributed by atoms with Gasteiger partial charge in [0.2, 0.25) is 0 Å². The second-order valence-corrected chi connectivity index (χ2v) is 6.69. The van der Waals surface area contributed by atoms with Crippen molar-refractivity contribution in [2.45, 2.75) is 19.4 Å². The molecule has 1 N–H and O–H groups in total. The molecule has 0 spiro atoms. The van der Waals surface area contributed by atoms with Gasteiger partial charge < -0.3 is 9.72 Å². The first-order chi connectivity index (χ1) is 10.5. The molecule has 0 amide bonds. The zero-order valence-corrected chi connectivity index (χ0v) is 13.1. The second-order valence-electron chi connectivity index (χ2n) is 6.69. The number of benzene rings is 1. The lowest BCUT2D eigenvalue weighted by Crippen LogP contribution is -2.49. The predicted octanol–water partition coefficient (Wildman–Crippen LogP) is 2.60. The van der Waals surface area contributed by atoms with Crippen LogP contribution in [0.1, 0.15) is 18.1 Å². The van der Waals surface area contributed by atoms with Crippen LogP contribution in [0.2, 0.25) is 0 Å². The third kappa shape index (κ3) is 1.70. The van der Waals surface area contributed by atoms with E-state index in [9.17, 15) is 4.79 Å². The highest BCUT2D eigenvalue weighted by Gasteiger charge is 2.42. The van der Waals surface area contributed by atoms with Crippen LogP contribution in [-0.4, -0.2) is 42.6 Å². The quantitative estimate of drug-likeness (QED) is 0.823. The Hall–Kier alpha value is -2.07. The Morgan fingerprint density at radius 2 is 2.27 bits per heavy atom. The van der Waals surface area contributed by atoms with Gasteiger partial charge in [0.15, 0.2) is 0 Å². The summed E-state index contributed by atoms with van der Waals surface area (Å²) in [6, 6.07) is 6.67. The van der Waals surface area contributed by atoms with Crippen LogP contribution >= 0.6 is 0 Å². The van der Waals surface area contributed by atoms with E-state index >= 15 is 0 Å². The summed E-state index contributed by atoms with van der Waals surface area (Å²) in [4.78, 5) is 17.9. The van der Waals surface area contributed by atoms with E-state index in [1.807, 2.05) is 6.92 Å². The van der Waals surface area contributed by atoms with E-state index in [1.54, 1.807) is 0 Å². The van der Waals surface area contributed by atoms with E-state index in [1.165, 1.54) is 34.7 Å². The van der Waals surface area contributed by atoms with Gasteiger partial charge in [-0.1, -0.05) is 18.2 Å². The number of nitrogens with one attached hydrogen (secondary N) is 1. The van der Waals surface area contributed by atoms with Crippen molar-refractivity contribution in [3.05, 3.63) is 41.6 Å². The molecule has 1 aromatic heterocycles. The second kappa shape index (κ2) is 4.46. The van der Waals surface area contributed by atoms with Gasteiger partial charge in [-0.2, -0.15) is 0 Å². The highest BCUT2D eigenvalue weighted by molar-refractivity contribution is 5.99. The van der Waals surface area contributed by atoms with Gasteiger partial charge in [0.05, 0.1) is 12.5 Å². The molecule has 22 heavy (non-hydrogen) atoms. The van der Waals surface area contributed by atoms with Gasteiger partial charge in [-0.25, -0.2) is 0 Å². The molecule has 0 saturated carbocycles. The lowest BCUT2D eigenvalue weighted by molar-refractivity contribution is -0.150. The molecule has 4 nitrogen and oxygen atoms in total. The number of methoxy groups -OCH3 is 1. The zero-order chi connectivity index (χ0) is 15.5. The molecule has 2 atom stereocenters. The molecule has 114 valence electrons. The highest BCUT2D eigenvalue weighted by atomic mass is 16.5. The number of hydrogen-bond acceptors (Lipinski definition) is 3. The summed E-state index contributed by atoms with van der Waals surface area (Å²) in [6.07, 6.45) is 5.23. The van der Waals surface area contributed by atoms with E-state index < -0.39 is 5.41 Å². The predicted molar refractivity (Wildman–Crippen MR) is 86.5 cm³/mol. The number of aromatic nitrogens is 1. The van der Waals surface area contributed by atoms with Crippen molar-refractivity contribution < 1.29 is 9.53 Å². The van der Waals surface area contributed by atoms with Gasteiger partial charge in [0.1, 0.15) is 0 Å². The summed E-state index contributed by atoms with van der Waals surface area (Å²) in [5.41, 5.74) is 4.43. The van der Waals surface area contributed by atoms with Crippen LogP contribution in [0.4, 0.5) is 0 Å². The minimum atomic E-state index is -0.592. The molecule has 1 aromatic carbocycles. The maximum Gasteiger partial charge on any atom is 0.316 e. The summed E-state index contributed by atoms with van der Waals surface area (Å²) in [6.45, 7) is 2.65. The molecule has 2 aromatic rings. The van der Waals surface area contributed by atoms with Gasteiger partial charge in [-0.05, 0) is 43.2 Å². The third-order valence-corrected chi connectivity index (χ3v) is 5.11. The number of H-pyrrole nitrogens is 1. The molecule has 0 bridgehead atoms. The zero-order valence-electron chi connectivity index (χ0n) is 13.1. The van der Waals surface area contributed by atoms with Crippen molar-refractivity contribution in [2.75, 3.05) is 20.7 Å². The summed E-state index contributed by atoms with van der Waals surface area (Å²) >= 11 is 0. The average molecular weight is 296 g/mol. The number of aromatic amines is 1. The Kier molecular flexibility index (Phi) is 2.76. The van der Waals surface area contributed by atoms with Crippen molar-refractivity contribution in [3.63, 3.8) is 0 Å². The minimum absolute atomic E-state index is 0.169. The molecule has 0 radical (unpaired) electrons. The number of carbonyl (C=O) groups is 1. The molecule has 2 heterocycles. The average Bonchev–Trinajstić information content (AvgIpc) is 2.92. The molecular formula is C18H20N2O2. The largest absolute Gasteiger partial charge is 0.468 e. The van der Waals surface area contributed by atoms with Crippen molar-refractivity contribution in [1.82, 2.24) is 9.88 Å². The van der Waals surface area contributed by atoms with Gasteiger partial charge >= 0.3 is 5.97 Å².